The Kier molecular flexibility index (Phi) is 4.78. The smallest absolute Gasteiger partial charge is 0.267 e. The van der Waals surface area contributed by atoms with Gasteiger partial charge in [0.2, 0.25) is 0 Å². The molecule has 1 heterocycles. The van der Waals surface area contributed by atoms with E-state index in [0.717, 1.165) is 11.1 Å². The van der Waals surface area contributed by atoms with E-state index in [2.05, 4.69) is 15.5 Å². The molecule has 4 nitrogen and oxygen atoms in total. The second-order valence-electron chi connectivity index (χ2n) is 4.24. The predicted molar refractivity (Wildman–Crippen MR) is 80.3 cm³/mol. The van der Waals surface area contributed by atoms with Crippen molar-refractivity contribution in [3.8, 4) is 0 Å². The maximum absolute atomic E-state index is 11.7. The number of aromatic nitrogens is 1. The molecule has 0 unspecified atom stereocenters. The third-order valence-corrected chi connectivity index (χ3v) is 2.55. The van der Waals surface area contributed by atoms with Crippen LogP contribution in [0.2, 0.25) is 0 Å². The molecular formula is C16H15N3O. The van der Waals surface area contributed by atoms with Gasteiger partial charge < -0.3 is 0 Å². The molecule has 0 aliphatic carbocycles. The summed E-state index contributed by atoms with van der Waals surface area (Å²) in [7, 11) is 0. The Bertz CT molecular complexity index is 619. The first-order valence-corrected chi connectivity index (χ1v) is 6.22. The van der Waals surface area contributed by atoms with Crippen molar-refractivity contribution in [3.05, 3.63) is 71.6 Å². The number of benzene rings is 1. The highest BCUT2D eigenvalue weighted by atomic mass is 16.2. The summed E-state index contributed by atoms with van der Waals surface area (Å²) in [6.07, 6.45) is 6.71. The maximum Gasteiger partial charge on any atom is 0.272 e. The molecule has 20 heavy (non-hydrogen) atoms. The third-order valence-electron chi connectivity index (χ3n) is 2.55. The lowest BCUT2D eigenvalue weighted by molar-refractivity contribution is 0.0955. The van der Waals surface area contributed by atoms with Gasteiger partial charge in [-0.2, -0.15) is 5.10 Å². The molecule has 4 heteroatoms. The molecule has 2 rings (SSSR count). The minimum atomic E-state index is -0.276. The first kappa shape index (κ1) is 13.7. The van der Waals surface area contributed by atoms with Crippen molar-refractivity contribution < 1.29 is 4.79 Å². The Balaban J connectivity index is 1.94. The van der Waals surface area contributed by atoms with Gasteiger partial charge in [-0.25, -0.2) is 5.43 Å². The summed E-state index contributed by atoms with van der Waals surface area (Å²) in [5.74, 6) is -0.276. The van der Waals surface area contributed by atoms with Crippen LogP contribution < -0.4 is 5.43 Å². The zero-order valence-corrected chi connectivity index (χ0v) is 11.2. The molecule has 0 saturated heterocycles. The van der Waals surface area contributed by atoms with E-state index in [9.17, 15) is 4.79 Å². The minimum absolute atomic E-state index is 0.276. The van der Waals surface area contributed by atoms with Crippen molar-refractivity contribution in [2.75, 3.05) is 0 Å². The topological polar surface area (TPSA) is 54.4 Å². The summed E-state index contributed by atoms with van der Waals surface area (Å²) in [6.45, 7) is 1.92. The Hall–Kier alpha value is -2.75. The molecule has 0 atom stereocenters. The quantitative estimate of drug-likeness (QED) is 0.682. The van der Waals surface area contributed by atoms with Crippen molar-refractivity contribution >= 4 is 18.2 Å². The lowest BCUT2D eigenvalue weighted by Crippen LogP contribution is -2.17. The van der Waals surface area contributed by atoms with Crippen molar-refractivity contribution in [2.45, 2.75) is 6.92 Å². The standard InChI is InChI=1S/C16H15N3O/c1-13(10-14-6-3-2-4-7-14)11-18-19-16(20)15-8-5-9-17-12-15/h2-12H,1H3,(H,19,20). The highest BCUT2D eigenvalue weighted by Crippen LogP contribution is 2.04. The number of nitrogens with one attached hydrogen (secondary N) is 1. The van der Waals surface area contributed by atoms with E-state index in [1.54, 1.807) is 24.5 Å². The molecule has 1 aromatic carbocycles. The first-order valence-electron chi connectivity index (χ1n) is 6.22. The maximum atomic E-state index is 11.7. The first-order chi connectivity index (χ1) is 9.75. The lowest BCUT2D eigenvalue weighted by atomic mass is 10.1. The molecule has 0 bridgehead atoms. The number of hydrogen-bond acceptors (Lipinski definition) is 3. The zero-order valence-electron chi connectivity index (χ0n) is 11.2. The number of hydrogen-bond donors (Lipinski definition) is 1. The molecule has 100 valence electrons. The fraction of sp³-hybridized carbons (Fsp3) is 0.0625. The molecule has 0 aliphatic rings. The Morgan fingerprint density at radius 2 is 2.00 bits per heavy atom. The summed E-state index contributed by atoms with van der Waals surface area (Å²) in [4.78, 5) is 15.6. The van der Waals surface area contributed by atoms with E-state index in [0.29, 0.717) is 5.56 Å². The average Bonchev–Trinajstić information content (AvgIpc) is 2.49. The van der Waals surface area contributed by atoms with Gasteiger partial charge in [0, 0.05) is 12.4 Å². The number of pyridine rings is 1. The number of rotatable bonds is 4. The van der Waals surface area contributed by atoms with Crippen LogP contribution in [-0.4, -0.2) is 17.1 Å². The molecular weight excluding hydrogens is 250 g/mol. The summed E-state index contributed by atoms with van der Waals surface area (Å²) in [5.41, 5.74) is 4.99. The molecule has 1 N–H and O–H groups in total. The molecule has 0 saturated carbocycles. The van der Waals surface area contributed by atoms with Crippen LogP contribution in [0.3, 0.4) is 0 Å². The van der Waals surface area contributed by atoms with Crippen LogP contribution in [0.4, 0.5) is 0 Å². The van der Waals surface area contributed by atoms with E-state index >= 15 is 0 Å². The van der Waals surface area contributed by atoms with E-state index in [1.165, 1.54) is 6.20 Å². The SMILES string of the molecule is CC(C=NNC(=O)c1cccnc1)=Cc1ccccc1. The molecule has 1 amide bonds. The highest BCUT2D eigenvalue weighted by molar-refractivity contribution is 5.94. The van der Waals surface area contributed by atoms with Crippen LogP contribution in [0.15, 0.2) is 65.5 Å². The van der Waals surface area contributed by atoms with Crippen molar-refractivity contribution in [3.63, 3.8) is 0 Å². The third kappa shape index (κ3) is 4.17. The van der Waals surface area contributed by atoms with Gasteiger partial charge in [0.25, 0.3) is 5.91 Å². The van der Waals surface area contributed by atoms with E-state index in [-0.39, 0.29) is 5.91 Å². The monoisotopic (exact) mass is 265 g/mol. The lowest BCUT2D eigenvalue weighted by Gasteiger charge is -1.98. The van der Waals surface area contributed by atoms with Crippen LogP contribution in [0.5, 0.6) is 0 Å². The molecule has 0 spiro atoms. The van der Waals surface area contributed by atoms with Gasteiger partial charge in [0.05, 0.1) is 11.8 Å². The second kappa shape index (κ2) is 6.99. The van der Waals surface area contributed by atoms with Crippen molar-refractivity contribution in [1.82, 2.24) is 10.4 Å². The summed E-state index contributed by atoms with van der Waals surface area (Å²) in [6, 6.07) is 13.3. The van der Waals surface area contributed by atoms with Gasteiger partial charge in [-0.05, 0) is 30.2 Å². The van der Waals surface area contributed by atoms with Gasteiger partial charge in [0.15, 0.2) is 0 Å². The molecule has 0 radical (unpaired) electrons. The molecule has 0 aliphatic heterocycles. The summed E-state index contributed by atoms with van der Waals surface area (Å²) in [5, 5.41) is 3.92. The largest absolute Gasteiger partial charge is 0.272 e. The minimum Gasteiger partial charge on any atom is -0.267 e. The second-order valence-corrected chi connectivity index (χ2v) is 4.24. The Labute approximate surface area is 117 Å². The van der Waals surface area contributed by atoms with E-state index < -0.39 is 0 Å². The fourth-order valence-electron chi connectivity index (χ4n) is 1.60. The number of allylic oxidation sites excluding steroid dienone is 1. The van der Waals surface area contributed by atoms with Gasteiger partial charge in [0.1, 0.15) is 0 Å². The molecule has 2 aromatic rings. The Morgan fingerprint density at radius 1 is 1.20 bits per heavy atom. The number of amides is 1. The number of nitrogens with zero attached hydrogens (tertiary/aromatic N) is 2. The highest BCUT2D eigenvalue weighted by Gasteiger charge is 2.01. The van der Waals surface area contributed by atoms with E-state index in [1.807, 2.05) is 43.3 Å². The zero-order chi connectivity index (χ0) is 14.2. The molecule has 1 aromatic heterocycles. The van der Waals surface area contributed by atoms with Crippen molar-refractivity contribution in [1.29, 1.82) is 0 Å². The van der Waals surface area contributed by atoms with Gasteiger partial charge in [-0.3, -0.25) is 9.78 Å². The van der Waals surface area contributed by atoms with Crippen LogP contribution in [0.1, 0.15) is 22.8 Å². The number of carbonyl (C=O) groups is 1. The van der Waals surface area contributed by atoms with Gasteiger partial charge in [-0.1, -0.05) is 36.4 Å². The average molecular weight is 265 g/mol. The predicted octanol–water partition coefficient (Wildman–Crippen LogP) is 2.90. The Morgan fingerprint density at radius 3 is 2.70 bits per heavy atom. The summed E-state index contributed by atoms with van der Waals surface area (Å²) < 4.78 is 0. The van der Waals surface area contributed by atoms with Crippen molar-refractivity contribution in [2.24, 2.45) is 5.10 Å². The van der Waals surface area contributed by atoms with Gasteiger partial charge in [-0.15, -0.1) is 0 Å². The molecule has 0 fully saturated rings. The van der Waals surface area contributed by atoms with Crippen LogP contribution in [0, 0.1) is 0 Å². The van der Waals surface area contributed by atoms with E-state index in [4.69, 9.17) is 0 Å². The number of carbonyl (C=O) groups excluding carboxylic acids is 1. The number of hydrazone groups is 1. The van der Waals surface area contributed by atoms with Crippen LogP contribution in [-0.2, 0) is 0 Å². The van der Waals surface area contributed by atoms with Crippen LogP contribution in [0.25, 0.3) is 6.08 Å². The fourth-order valence-corrected chi connectivity index (χ4v) is 1.60. The van der Waals surface area contributed by atoms with Crippen LogP contribution >= 0.6 is 0 Å². The van der Waals surface area contributed by atoms with Gasteiger partial charge >= 0.3 is 0 Å². The summed E-state index contributed by atoms with van der Waals surface area (Å²) >= 11 is 0. The normalized spacial score (nSPS) is 11.6.